The highest BCUT2D eigenvalue weighted by Gasteiger charge is 2.33. The number of halogens is 5. The first kappa shape index (κ1) is 13.2. The number of ether oxygens (including phenoxy) is 1. The van der Waals surface area contributed by atoms with E-state index in [9.17, 15) is 26.7 Å². The van der Waals surface area contributed by atoms with E-state index in [2.05, 4.69) is 9.72 Å². The molecular weight excluding hydrogens is 275 g/mol. The number of fused-ring (bicyclic) bond motifs is 1. The van der Waals surface area contributed by atoms with Gasteiger partial charge in [0, 0.05) is 18.3 Å². The van der Waals surface area contributed by atoms with Crippen LogP contribution in [0.3, 0.4) is 0 Å². The summed E-state index contributed by atoms with van der Waals surface area (Å²) in [6.45, 7) is -3.13. The number of hydrogen-bond donors (Lipinski definition) is 0. The van der Waals surface area contributed by atoms with Crippen LogP contribution in [0, 0.1) is 0 Å². The van der Waals surface area contributed by atoms with Crippen molar-refractivity contribution in [3.05, 3.63) is 40.4 Å². The Morgan fingerprint density at radius 2 is 1.95 bits per heavy atom. The SMILES string of the molecule is O=c1cc(C(F)(F)F)nc2cc(OC(F)F)ccn12. The number of aromatic nitrogens is 2. The van der Waals surface area contributed by atoms with Crippen LogP contribution in [0.4, 0.5) is 22.0 Å². The zero-order valence-corrected chi connectivity index (χ0v) is 8.99. The predicted octanol–water partition coefficient (Wildman–Crippen LogP) is 2.31. The van der Waals surface area contributed by atoms with E-state index in [1.54, 1.807) is 0 Å². The Bertz CT molecular complexity index is 665. The van der Waals surface area contributed by atoms with Crippen LogP contribution < -0.4 is 10.3 Å². The standard InChI is InChI=1S/C10H5F5N2O2/c11-9(12)19-5-1-2-17-7(3-5)16-6(4-8(17)18)10(13,14)15/h1-4,9H. The van der Waals surface area contributed by atoms with Crippen molar-refractivity contribution in [3.8, 4) is 5.75 Å². The second kappa shape index (κ2) is 4.48. The van der Waals surface area contributed by atoms with Crippen LogP contribution in [0.2, 0.25) is 0 Å². The topological polar surface area (TPSA) is 43.6 Å². The molecule has 0 atom stereocenters. The summed E-state index contributed by atoms with van der Waals surface area (Å²) in [5, 5.41) is 0. The number of hydrogen-bond acceptors (Lipinski definition) is 3. The van der Waals surface area contributed by atoms with E-state index in [-0.39, 0.29) is 5.75 Å². The molecule has 0 radical (unpaired) electrons. The average molecular weight is 280 g/mol. The monoisotopic (exact) mass is 280 g/mol. The highest BCUT2D eigenvalue weighted by atomic mass is 19.4. The van der Waals surface area contributed by atoms with Crippen LogP contribution >= 0.6 is 0 Å². The maximum absolute atomic E-state index is 12.4. The van der Waals surface area contributed by atoms with E-state index >= 15 is 0 Å². The van der Waals surface area contributed by atoms with Crippen LogP contribution in [0.1, 0.15) is 5.69 Å². The van der Waals surface area contributed by atoms with Crippen molar-refractivity contribution in [1.29, 1.82) is 0 Å². The summed E-state index contributed by atoms with van der Waals surface area (Å²) in [7, 11) is 0. The predicted molar refractivity (Wildman–Crippen MR) is 53.1 cm³/mol. The quantitative estimate of drug-likeness (QED) is 0.793. The third-order valence-corrected chi connectivity index (χ3v) is 2.15. The lowest BCUT2D eigenvalue weighted by Gasteiger charge is -2.09. The lowest BCUT2D eigenvalue weighted by atomic mass is 10.3. The molecule has 2 rings (SSSR count). The Hall–Kier alpha value is -2.19. The Kier molecular flexibility index (Phi) is 3.13. The van der Waals surface area contributed by atoms with Gasteiger partial charge in [-0.2, -0.15) is 22.0 Å². The summed E-state index contributed by atoms with van der Waals surface area (Å²) in [5.41, 5.74) is -2.80. The van der Waals surface area contributed by atoms with Crippen molar-refractivity contribution in [2.24, 2.45) is 0 Å². The van der Waals surface area contributed by atoms with Crippen molar-refractivity contribution in [1.82, 2.24) is 9.38 Å². The average Bonchev–Trinajstić information content (AvgIpc) is 2.26. The summed E-state index contributed by atoms with van der Waals surface area (Å²) in [4.78, 5) is 14.6. The van der Waals surface area contributed by atoms with Crippen LogP contribution in [0.15, 0.2) is 29.2 Å². The Morgan fingerprint density at radius 1 is 1.26 bits per heavy atom. The molecule has 2 aromatic heterocycles. The fourth-order valence-corrected chi connectivity index (χ4v) is 1.41. The molecule has 9 heteroatoms. The van der Waals surface area contributed by atoms with Gasteiger partial charge < -0.3 is 4.74 Å². The molecule has 0 aliphatic carbocycles. The molecule has 2 heterocycles. The van der Waals surface area contributed by atoms with Gasteiger partial charge in [0.1, 0.15) is 11.4 Å². The van der Waals surface area contributed by atoms with Gasteiger partial charge in [0.15, 0.2) is 5.69 Å². The first-order valence-electron chi connectivity index (χ1n) is 4.83. The maximum atomic E-state index is 12.4. The molecule has 0 fully saturated rings. The first-order chi connectivity index (χ1) is 8.77. The van der Waals surface area contributed by atoms with Crippen molar-refractivity contribution in [2.75, 3.05) is 0 Å². The summed E-state index contributed by atoms with van der Waals surface area (Å²) in [5.74, 6) is -0.388. The first-order valence-corrected chi connectivity index (χ1v) is 4.83. The minimum absolute atomic E-state index is 0.320. The van der Waals surface area contributed by atoms with Gasteiger partial charge in [-0.05, 0) is 6.07 Å². The molecule has 0 aromatic carbocycles. The number of nitrogens with zero attached hydrogens (tertiary/aromatic N) is 2. The number of rotatable bonds is 2. The lowest BCUT2D eigenvalue weighted by molar-refractivity contribution is -0.141. The third kappa shape index (κ3) is 2.80. The molecule has 0 unspecified atom stereocenters. The Balaban J connectivity index is 2.60. The minimum Gasteiger partial charge on any atom is -0.435 e. The highest BCUT2D eigenvalue weighted by molar-refractivity contribution is 5.44. The van der Waals surface area contributed by atoms with Gasteiger partial charge in [-0.1, -0.05) is 0 Å². The van der Waals surface area contributed by atoms with Gasteiger partial charge in [0.2, 0.25) is 0 Å². The summed E-state index contributed by atoms with van der Waals surface area (Å²) >= 11 is 0. The summed E-state index contributed by atoms with van der Waals surface area (Å²) < 4.78 is 66.1. The van der Waals surface area contributed by atoms with Crippen LogP contribution in [-0.4, -0.2) is 16.0 Å². The van der Waals surface area contributed by atoms with Crippen molar-refractivity contribution >= 4 is 5.65 Å². The molecular formula is C10H5F5N2O2. The second-order valence-electron chi connectivity index (χ2n) is 3.45. The van der Waals surface area contributed by atoms with Crippen LogP contribution in [0.25, 0.3) is 5.65 Å². The molecule has 0 spiro atoms. The fraction of sp³-hybridized carbons (Fsp3) is 0.200. The molecule has 4 nitrogen and oxygen atoms in total. The van der Waals surface area contributed by atoms with E-state index < -0.39 is 29.7 Å². The molecule has 0 saturated heterocycles. The van der Waals surface area contributed by atoms with E-state index in [0.717, 1.165) is 22.7 Å². The number of alkyl halides is 5. The van der Waals surface area contributed by atoms with Gasteiger partial charge >= 0.3 is 12.8 Å². The molecule has 2 aromatic rings. The zero-order chi connectivity index (χ0) is 14.2. The fourth-order valence-electron chi connectivity index (χ4n) is 1.41. The molecule has 102 valence electrons. The van der Waals surface area contributed by atoms with Crippen molar-refractivity contribution in [2.45, 2.75) is 12.8 Å². The van der Waals surface area contributed by atoms with Gasteiger partial charge in [-0.25, -0.2) is 4.98 Å². The lowest BCUT2D eigenvalue weighted by Crippen LogP contribution is -2.20. The minimum atomic E-state index is -4.80. The molecule has 0 aliphatic rings. The zero-order valence-electron chi connectivity index (χ0n) is 8.99. The third-order valence-electron chi connectivity index (χ3n) is 2.15. The van der Waals surface area contributed by atoms with Crippen LogP contribution in [0.5, 0.6) is 5.75 Å². The molecule has 19 heavy (non-hydrogen) atoms. The smallest absolute Gasteiger partial charge is 0.433 e. The maximum Gasteiger partial charge on any atom is 0.433 e. The van der Waals surface area contributed by atoms with E-state index in [1.165, 1.54) is 0 Å². The van der Waals surface area contributed by atoms with Gasteiger partial charge in [0.25, 0.3) is 5.56 Å². The van der Waals surface area contributed by atoms with E-state index in [1.807, 2.05) is 0 Å². The Morgan fingerprint density at radius 3 is 2.53 bits per heavy atom. The van der Waals surface area contributed by atoms with Crippen molar-refractivity contribution < 1.29 is 26.7 Å². The van der Waals surface area contributed by atoms with Gasteiger partial charge in [0.05, 0.1) is 0 Å². The van der Waals surface area contributed by atoms with E-state index in [4.69, 9.17) is 0 Å². The van der Waals surface area contributed by atoms with E-state index in [0.29, 0.717) is 6.07 Å². The summed E-state index contributed by atoms with van der Waals surface area (Å²) in [6, 6.07) is 2.17. The Labute approximate surface area is 102 Å². The second-order valence-corrected chi connectivity index (χ2v) is 3.45. The molecule has 0 saturated carbocycles. The van der Waals surface area contributed by atoms with Crippen molar-refractivity contribution in [3.63, 3.8) is 0 Å². The molecule has 0 N–H and O–H groups in total. The van der Waals surface area contributed by atoms with Gasteiger partial charge in [-0.15, -0.1) is 0 Å². The van der Waals surface area contributed by atoms with Crippen LogP contribution in [-0.2, 0) is 6.18 Å². The normalized spacial score (nSPS) is 12.1. The largest absolute Gasteiger partial charge is 0.435 e. The molecule has 0 amide bonds. The highest BCUT2D eigenvalue weighted by Crippen LogP contribution is 2.27. The summed E-state index contributed by atoms with van der Waals surface area (Å²) in [6.07, 6.45) is -3.80. The van der Waals surface area contributed by atoms with Gasteiger partial charge in [-0.3, -0.25) is 9.20 Å². The molecule has 0 aliphatic heterocycles. The molecule has 0 bridgehead atoms. The number of pyridine rings is 1.